The lowest BCUT2D eigenvalue weighted by Crippen LogP contribution is -2.38. The van der Waals surface area contributed by atoms with Gasteiger partial charge in [0.2, 0.25) is 5.91 Å². The zero-order chi connectivity index (χ0) is 14.5. The summed E-state index contributed by atoms with van der Waals surface area (Å²) < 4.78 is 10.3. The molecule has 0 saturated heterocycles. The van der Waals surface area contributed by atoms with Crippen LogP contribution in [0.1, 0.15) is 23.2 Å². The van der Waals surface area contributed by atoms with E-state index < -0.39 is 5.97 Å². The highest BCUT2D eigenvalue weighted by Crippen LogP contribution is 2.35. The lowest BCUT2D eigenvalue weighted by atomic mass is 10.1. The first-order valence-corrected chi connectivity index (χ1v) is 6.43. The maximum absolute atomic E-state index is 12.2. The molecular formula is C14H17NO5. The van der Waals surface area contributed by atoms with Crippen molar-refractivity contribution < 1.29 is 24.2 Å². The number of anilines is 1. The molecular weight excluding hydrogens is 262 g/mol. The van der Waals surface area contributed by atoms with Crippen molar-refractivity contribution in [1.82, 2.24) is 0 Å². The Balaban J connectivity index is 2.22. The van der Waals surface area contributed by atoms with Crippen molar-refractivity contribution in [3.8, 4) is 5.75 Å². The first-order chi connectivity index (χ1) is 9.65. The summed E-state index contributed by atoms with van der Waals surface area (Å²) in [5.74, 6) is -0.837. The van der Waals surface area contributed by atoms with Gasteiger partial charge in [0.1, 0.15) is 12.2 Å². The number of ether oxygens (including phenoxy) is 2. The van der Waals surface area contributed by atoms with Crippen LogP contribution in [0.4, 0.5) is 5.69 Å². The lowest BCUT2D eigenvalue weighted by molar-refractivity contribution is -0.119. The fraction of sp³-hybridized carbons (Fsp3) is 0.429. The molecule has 2 rings (SSSR count). The monoisotopic (exact) mass is 279 g/mol. The minimum atomic E-state index is -1.06. The van der Waals surface area contributed by atoms with Crippen LogP contribution in [0.3, 0.4) is 0 Å². The van der Waals surface area contributed by atoms with E-state index in [1.54, 1.807) is 24.1 Å². The molecule has 1 aromatic carbocycles. The summed E-state index contributed by atoms with van der Waals surface area (Å²) in [7, 11) is 1.59. The van der Waals surface area contributed by atoms with E-state index in [2.05, 4.69) is 0 Å². The summed E-state index contributed by atoms with van der Waals surface area (Å²) in [6.07, 6.45) is 1.01. The Kier molecular flexibility index (Phi) is 4.57. The highest BCUT2D eigenvalue weighted by Gasteiger charge is 2.26. The van der Waals surface area contributed by atoms with Crippen LogP contribution in [0.15, 0.2) is 18.2 Å². The summed E-state index contributed by atoms with van der Waals surface area (Å²) in [6, 6.07) is 4.79. The molecule has 6 nitrogen and oxygen atoms in total. The van der Waals surface area contributed by atoms with E-state index in [9.17, 15) is 9.59 Å². The van der Waals surface area contributed by atoms with Gasteiger partial charge in [0, 0.05) is 20.1 Å². The number of hydrogen-bond acceptors (Lipinski definition) is 4. The smallest absolute Gasteiger partial charge is 0.339 e. The Morgan fingerprint density at radius 2 is 2.25 bits per heavy atom. The number of fused-ring (bicyclic) bond motifs is 1. The standard InChI is InChI=1S/C14H17NO5/c1-19-8-3-6-12(16)15-7-9-20-13-10(14(17)18)4-2-5-11(13)15/h2,4-5H,3,6-9H2,1H3,(H,17,18). The van der Waals surface area contributed by atoms with Crippen LogP contribution in [-0.4, -0.2) is 43.9 Å². The van der Waals surface area contributed by atoms with E-state index in [0.717, 1.165) is 0 Å². The van der Waals surface area contributed by atoms with Gasteiger partial charge in [-0.2, -0.15) is 0 Å². The van der Waals surface area contributed by atoms with E-state index >= 15 is 0 Å². The Bertz CT molecular complexity index is 514. The van der Waals surface area contributed by atoms with E-state index in [-0.39, 0.29) is 17.2 Å². The van der Waals surface area contributed by atoms with Crippen LogP contribution in [0.5, 0.6) is 5.75 Å². The predicted octanol–water partition coefficient (Wildman–Crippen LogP) is 1.54. The quantitative estimate of drug-likeness (QED) is 0.827. The van der Waals surface area contributed by atoms with Crippen molar-refractivity contribution in [2.45, 2.75) is 12.8 Å². The van der Waals surface area contributed by atoms with Gasteiger partial charge in [-0.3, -0.25) is 4.79 Å². The number of amides is 1. The Labute approximate surface area is 116 Å². The topological polar surface area (TPSA) is 76.1 Å². The minimum absolute atomic E-state index is 0.0471. The number of carboxylic acids is 1. The van der Waals surface area contributed by atoms with Crippen molar-refractivity contribution in [2.24, 2.45) is 0 Å². The number of hydrogen-bond donors (Lipinski definition) is 1. The lowest BCUT2D eigenvalue weighted by Gasteiger charge is -2.30. The van der Waals surface area contributed by atoms with Crippen LogP contribution in [0, 0.1) is 0 Å². The number of aromatic carboxylic acids is 1. The molecule has 1 aliphatic heterocycles. The third-order valence-electron chi connectivity index (χ3n) is 3.12. The molecule has 0 radical (unpaired) electrons. The third-order valence-corrected chi connectivity index (χ3v) is 3.12. The maximum atomic E-state index is 12.2. The van der Waals surface area contributed by atoms with Gasteiger partial charge >= 0.3 is 5.97 Å². The normalized spacial score (nSPS) is 13.6. The van der Waals surface area contributed by atoms with Gasteiger partial charge in [0.05, 0.1) is 12.2 Å². The molecule has 0 bridgehead atoms. The second-order valence-electron chi connectivity index (χ2n) is 4.45. The Hall–Kier alpha value is -2.08. The molecule has 0 saturated carbocycles. The van der Waals surface area contributed by atoms with Gasteiger partial charge in [0.25, 0.3) is 0 Å². The number of carbonyl (C=O) groups is 2. The number of benzene rings is 1. The van der Waals surface area contributed by atoms with E-state index in [1.807, 2.05) is 0 Å². The second kappa shape index (κ2) is 6.38. The maximum Gasteiger partial charge on any atom is 0.339 e. The number of methoxy groups -OCH3 is 1. The van der Waals surface area contributed by atoms with Gasteiger partial charge in [0.15, 0.2) is 5.75 Å². The minimum Gasteiger partial charge on any atom is -0.489 e. The molecule has 0 aliphatic carbocycles. The van der Waals surface area contributed by atoms with Gasteiger partial charge in [-0.15, -0.1) is 0 Å². The molecule has 1 aromatic rings. The number of nitrogens with zero attached hydrogens (tertiary/aromatic N) is 1. The highest BCUT2D eigenvalue weighted by molar-refractivity contribution is 5.99. The van der Waals surface area contributed by atoms with Crippen molar-refractivity contribution in [2.75, 3.05) is 31.8 Å². The Morgan fingerprint density at radius 1 is 1.45 bits per heavy atom. The SMILES string of the molecule is COCCCC(=O)N1CCOc2c(C(=O)O)cccc21. The zero-order valence-corrected chi connectivity index (χ0v) is 11.3. The molecule has 0 atom stereocenters. The molecule has 20 heavy (non-hydrogen) atoms. The number of carbonyl (C=O) groups excluding carboxylic acids is 1. The summed E-state index contributed by atoms with van der Waals surface area (Å²) in [4.78, 5) is 24.9. The number of para-hydroxylation sites is 1. The van der Waals surface area contributed by atoms with E-state index in [4.69, 9.17) is 14.6 Å². The fourth-order valence-electron chi connectivity index (χ4n) is 2.18. The van der Waals surface area contributed by atoms with Crippen LogP contribution in [0.2, 0.25) is 0 Å². The second-order valence-corrected chi connectivity index (χ2v) is 4.45. The third kappa shape index (κ3) is 2.91. The molecule has 0 spiro atoms. The van der Waals surface area contributed by atoms with Gasteiger partial charge in [-0.1, -0.05) is 6.07 Å². The number of rotatable bonds is 5. The fourth-order valence-corrected chi connectivity index (χ4v) is 2.18. The molecule has 0 aromatic heterocycles. The van der Waals surface area contributed by atoms with Gasteiger partial charge in [-0.25, -0.2) is 4.79 Å². The van der Waals surface area contributed by atoms with Crippen molar-refractivity contribution >= 4 is 17.6 Å². The average Bonchev–Trinajstić information content (AvgIpc) is 2.46. The first-order valence-electron chi connectivity index (χ1n) is 6.43. The molecule has 0 fully saturated rings. The van der Waals surface area contributed by atoms with Crippen LogP contribution >= 0.6 is 0 Å². The number of carboxylic acid groups (broad SMARTS) is 1. The summed E-state index contributed by atoms with van der Waals surface area (Å²) in [5.41, 5.74) is 0.607. The van der Waals surface area contributed by atoms with Gasteiger partial charge in [-0.05, 0) is 18.6 Å². The summed E-state index contributed by atoms with van der Waals surface area (Å²) in [6.45, 7) is 1.26. The van der Waals surface area contributed by atoms with E-state index in [1.165, 1.54) is 6.07 Å². The Morgan fingerprint density at radius 3 is 2.95 bits per heavy atom. The van der Waals surface area contributed by atoms with Crippen molar-refractivity contribution in [1.29, 1.82) is 0 Å². The molecule has 0 unspecified atom stereocenters. The molecule has 108 valence electrons. The summed E-state index contributed by atoms with van der Waals surface area (Å²) in [5, 5.41) is 9.14. The highest BCUT2D eigenvalue weighted by atomic mass is 16.5. The molecule has 1 amide bonds. The van der Waals surface area contributed by atoms with Crippen molar-refractivity contribution in [3.63, 3.8) is 0 Å². The van der Waals surface area contributed by atoms with Crippen LogP contribution in [0.25, 0.3) is 0 Å². The van der Waals surface area contributed by atoms with Crippen LogP contribution < -0.4 is 9.64 Å². The summed E-state index contributed by atoms with van der Waals surface area (Å²) >= 11 is 0. The van der Waals surface area contributed by atoms with Gasteiger partial charge < -0.3 is 19.5 Å². The molecule has 1 heterocycles. The molecule has 1 N–H and O–H groups in total. The molecule has 1 aliphatic rings. The first kappa shape index (κ1) is 14.3. The van der Waals surface area contributed by atoms with E-state index in [0.29, 0.717) is 38.3 Å². The predicted molar refractivity (Wildman–Crippen MR) is 72.4 cm³/mol. The zero-order valence-electron chi connectivity index (χ0n) is 11.3. The van der Waals surface area contributed by atoms with Crippen molar-refractivity contribution in [3.05, 3.63) is 23.8 Å². The molecule has 6 heteroatoms. The average molecular weight is 279 g/mol. The largest absolute Gasteiger partial charge is 0.489 e. The van der Waals surface area contributed by atoms with Crippen LogP contribution in [-0.2, 0) is 9.53 Å².